The summed E-state index contributed by atoms with van der Waals surface area (Å²) in [5, 5.41) is 13.1. The largest absolute Gasteiger partial charge is 0.505 e. The van der Waals surface area contributed by atoms with Crippen LogP contribution < -0.4 is 10.1 Å². The van der Waals surface area contributed by atoms with Crippen molar-refractivity contribution in [1.82, 2.24) is 5.32 Å². The van der Waals surface area contributed by atoms with Gasteiger partial charge in [0.15, 0.2) is 11.5 Å². The molecule has 4 heteroatoms. The average molecular weight is 239 g/mol. The Morgan fingerprint density at radius 2 is 2.29 bits per heavy atom. The Labute approximate surface area is 101 Å². The second kappa shape index (κ2) is 5.36. The van der Waals surface area contributed by atoms with Crippen molar-refractivity contribution in [3.05, 3.63) is 23.5 Å². The average Bonchev–Trinajstić information content (AvgIpc) is 2.37. The highest BCUT2D eigenvalue weighted by molar-refractivity contribution is 5.42. The molecular formula is C13H18FNO2. The van der Waals surface area contributed by atoms with Crippen molar-refractivity contribution >= 4 is 0 Å². The summed E-state index contributed by atoms with van der Waals surface area (Å²) >= 11 is 0. The molecule has 0 saturated carbocycles. The van der Waals surface area contributed by atoms with Crippen molar-refractivity contribution in [1.29, 1.82) is 0 Å². The van der Waals surface area contributed by atoms with Gasteiger partial charge in [-0.15, -0.1) is 0 Å². The Kier molecular flexibility index (Phi) is 3.84. The van der Waals surface area contributed by atoms with Gasteiger partial charge in [-0.2, -0.15) is 4.39 Å². The van der Waals surface area contributed by atoms with Gasteiger partial charge >= 0.3 is 0 Å². The number of phenols is 1. The van der Waals surface area contributed by atoms with Crippen molar-refractivity contribution in [3.8, 4) is 11.5 Å². The van der Waals surface area contributed by atoms with Crippen molar-refractivity contribution in [3.63, 3.8) is 0 Å². The van der Waals surface area contributed by atoms with Gasteiger partial charge in [-0.25, -0.2) is 0 Å². The molecule has 17 heavy (non-hydrogen) atoms. The molecule has 0 spiro atoms. The zero-order chi connectivity index (χ0) is 12.3. The van der Waals surface area contributed by atoms with Crippen LogP contribution in [-0.4, -0.2) is 24.8 Å². The first-order valence-corrected chi connectivity index (χ1v) is 6.00. The molecule has 1 aromatic rings. The number of hydrogen-bond acceptors (Lipinski definition) is 3. The van der Waals surface area contributed by atoms with Crippen molar-refractivity contribution in [2.24, 2.45) is 0 Å². The van der Waals surface area contributed by atoms with E-state index in [9.17, 15) is 9.50 Å². The van der Waals surface area contributed by atoms with Crippen molar-refractivity contribution < 1.29 is 14.2 Å². The molecule has 1 aromatic carbocycles. The molecule has 0 amide bonds. The van der Waals surface area contributed by atoms with E-state index in [1.165, 1.54) is 20.0 Å². The van der Waals surface area contributed by atoms with Crippen LogP contribution in [0.3, 0.4) is 0 Å². The third kappa shape index (κ3) is 2.69. The lowest BCUT2D eigenvalue weighted by molar-refractivity contribution is 0.356. The van der Waals surface area contributed by atoms with Gasteiger partial charge in [-0.3, -0.25) is 0 Å². The molecule has 0 bridgehead atoms. The number of piperidine rings is 1. The van der Waals surface area contributed by atoms with E-state index >= 15 is 0 Å². The van der Waals surface area contributed by atoms with Gasteiger partial charge in [0.1, 0.15) is 0 Å². The summed E-state index contributed by atoms with van der Waals surface area (Å²) in [6.07, 6.45) is 4.12. The van der Waals surface area contributed by atoms with Crippen LogP contribution in [0.25, 0.3) is 0 Å². The molecule has 94 valence electrons. The first kappa shape index (κ1) is 12.2. The van der Waals surface area contributed by atoms with Crippen LogP contribution in [0, 0.1) is 5.82 Å². The van der Waals surface area contributed by atoms with Crippen molar-refractivity contribution in [2.45, 2.75) is 31.7 Å². The third-order valence-corrected chi connectivity index (χ3v) is 3.26. The molecule has 0 aliphatic carbocycles. The van der Waals surface area contributed by atoms with E-state index in [0.29, 0.717) is 18.0 Å². The van der Waals surface area contributed by atoms with Crippen LogP contribution in [0.5, 0.6) is 11.5 Å². The Hall–Kier alpha value is -1.29. The Morgan fingerprint density at radius 3 is 2.94 bits per heavy atom. The second-order valence-electron chi connectivity index (χ2n) is 4.44. The molecule has 3 nitrogen and oxygen atoms in total. The van der Waals surface area contributed by atoms with Gasteiger partial charge < -0.3 is 15.2 Å². The summed E-state index contributed by atoms with van der Waals surface area (Å²) in [5.74, 6) is -0.861. The number of ether oxygens (including phenoxy) is 1. The fourth-order valence-corrected chi connectivity index (χ4v) is 2.27. The molecule has 1 aliphatic rings. The quantitative estimate of drug-likeness (QED) is 0.850. The summed E-state index contributed by atoms with van der Waals surface area (Å²) in [6, 6.07) is 3.63. The normalized spacial score (nSPS) is 20.2. The van der Waals surface area contributed by atoms with Gasteiger partial charge in [0, 0.05) is 6.04 Å². The van der Waals surface area contributed by atoms with Gasteiger partial charge in [0.05, 0.1) is 7.11 Å². The molecule has 0 radical (unpaired) electrons. The van der Waals surface area contributed by atoms with E-state index in [-0.39, 0.29) is 11.5 Å². The second-order valence-corrected chi connectivity index (χ2v) is 4.44. The van der Waals surface area contributed by atoms with Gasteiger partial charge in [0.2, 0.25) is 5.82 Å². The first-order chi connectivity index (χ1) is 8.22. The summed E-state index contributed by atoms with van der Waals surface area (Å²) < 4.78 is 18.4. The lowest BCUT2D eigenvalue weighted by Gasteiger charge is -2.23. The topological polar surface area (TPSA) is 41.5 Å². The van der Waals surface area contributed by atoms with Gasteiger partial charge in [-0.05, 0) is 37.4 Å². The maximum Gasteiger partial charge on any atom is 0.206 e. The predicted octanol–water partition coefficient (Wildman–Crippen LogP) is 2.22. The highest BCUT2D eigenvalue weighted by Gasteiger charge is 2.18. The number of rotatable bonds is 3. The van der Waals surface area contributed by atoms with E-state index in [1.54, 1.807) is 12.1 Å². The molecule has 1 unspecified atom stereocenters. The number of phenolic OH excluding ortho intramolecular Hbond substituents is 1. The Balaban J connectivity index is 2.12. The highest BCUT2D eigenvalue weighted by Crippen LogP contribution is 2.30. The monoisotopic (exact) mass is 239 g/mol. The fourth-order valence-electron chi connectivity index (χ4n) is 2.27. The van der Waals surface area contributed by atoms with E-state index in [2.05, 4.69) is 5.32 Å². The molecule has 2 N–H and O–H groups in total. The third-order valence-electron chi connectivity index (χ3n) is 3.26. The molecule has 1 aliphatic heterocycles. The summed E-state index contributed by atoms with van der Waals surface area (Å²) in [4.78, 5) is 0. The lowest BCUT2D eigenvalue weighted by atomic mass is 9.97. The number of benzene rings is 1. The highest BCUT2D eigenvalue weighted by atomic mass is 19.1. The van der Waals surface area contributed by atoms with E-state index in [4.69, 9.17) is 4.74 Å². The molecule has 1 atom stereocenters. The summed E-state index contributed by atoms with van der Waals surface area (Å²) in [5.41, 5.74) is 0.641. The SMILES string of the molecule is COc1ccc(CC2CCCCN2)c(O)c1F. The molecular weight excluding hydrogens is 221 g/mol. The van der Waals surface area contributed by atoms with Crippen LogP contribution in [0.4, 0.5) is 4.39 Å². The Morgan fingerprint density at radius 1 is 1.47 bits per heavy atom. The van der Waals surface area contributed by atoms with Crippen LogP contribution in [0.15, 0.2) is 12.1 Å². The van der Waals surface area contributed by atoms with E-state index in [0.717, 1.165) is 13.0 Å². The smallest absolute Gasteiger partial charge is 0.206 e. The first-order valence-electron chi connectivity index (χ1n) is 6.00. The minimum Gasteiger partial charge on any atom is -0.505 e. The van der Waals surface area contributed by atoms with Gasteiger partial charge in [-0.1, -0.05) is 12.5 Å². The Bertz CT molecular complexity index is 389. The maximum atomic E-state index is 13.6. The molecule has 0 aromatic heterocycles. The lowest BCUT2D eigenvalue weighted by Crippen LogP contribution is -2.35. The minimum atomic E-state index is -0.666. The van der Waals surface area contributed by atoms with E-state index < -0.39 is 5.82 Å². The zero-order valence-electron chi connectivity index (χ0n) is 10.0. The minimum absolute atomic E-state index is 0.0860. The zero-order valence-corrected chi connectivity index (χ0v) is 10.0. The number of hydrogen-bond donors (Lipinski definition) is 2. The fraction of sp³-hybridized carbons (Fsp3) is 0.538. The standard InChI is InChI=1S/C13H18FNO2/c1-17-11-6-5-9(13(16)12(11)14)8-10-4-2-3-7-15-10/h5-6,10,15-16H,2-4,7-8H2,1H3. The summed E-state index contributed by atoms with van der Waals surface area (Å²) in [6.45, 7) is 1.00. The van der Waals surface area contributed by atoms with Crippen LogP contribution in [0.2, 0.25) is 0 Å². The number of aromatic hydroxyl groups is 1. The molecule has 1 heterocycles. The number of halogens is 1. The van der Waals surface area contributed by atoms with E-state index in [1.807, 2.05) is 0 Å². The molecule has 1 saturated heterocycles. The van der Waals surface area contributed by atoms with Crippen LogP contribution in [0.1, 0.15) is 24.8 Å². The summed E-state index contributed by atoms with van der Waals surface area (Å²) in [7, 11) is 1.39. The van der Waals surface area contributed by atoms with Crippen molar-refractivity contribution in [2.75, 3.05) is 13.7 Å². The van der Waals surface area contributed by atoms with Crippen LogP contribution >= 0.6 is 0 Å². The number of nitrogens with one attached hydrogen (secondary N) is 1. The predicted molar refractivity (Wildman–Crippen MR) is 64.0 cm³/mol. The molecule has 2 rings (SSSR count). The number of methoxy groups -OCH3 is 1. The molecule has 1 fully saturated rings. The van der Waals surface area contributed by atoms with Gasteiger partial charge in [0.25, 0.3) is 0 Å². The van der Waals surface area contributed by atoms with Crippen LogP contribution in [-0.2, 0) is 6.42 Å². The maximum absolute atomic E-state index is 13.6.